The molecule has 2 rings (SSSR count). The smallest absolute Gasteiger partial charge is 0.253 e. The van der Waals surface area contributed by atoms with E-state index >= 15 is 0 Å². The van der Waals surface area contributed by atoms with Gasteiger partial charge in [0.2, 0.25) is 0 Å². The maximum Gasteiger partial charge on any atom is 0.253 e. The van der Waals surface area contributed by atoms with Gasteiger partial charge in [-0.15, -0.1) is 11.3 Å². The van der Waals surface area contributed by atoms with Gasteiger partial charge >= 0.3 is 0 Å². The lowest BCUT2D eigenvalue weighted by Crippen LogP contribution is -2.23. The summed E-state index contributed by atoms with van der Waals surface area (Å²) < 4.78 is 13.3. The molecular weight excluding hydrogens is 277 g/mol. The van der Waals surface area contributed by atoms with Crippen LogP contribution in [0.3, 0.4) is 0 Å². The molecule has 0 saturated heterocycles. The van der Waals surface area contributed by atoms with E-state index in [0.29, 0.717) is 12.1 Å². The standard InChI is InChI=1S/C14H12FN3OS/c15-11-4-3-10(2-1-5-16)12(8-11)14(19)18-9-13-17-6-7-20-13/h3-4,6-8H,5,9,16H2,(H,18,19). The average molecular weight is 289 g/mol. The molecule has 4 nitrogen and oxygen atoms in total. The zero-order chi connectivity index (χ0) is 14.4. The molecule has 0 bridgehead atoms. The number of nitrogens with zero attached hydrogens (tertiary/aromatic N) is 1. The fourth-order valence-corrected chi connectivity index (χ4v) is 2.11. The van der Waals surface area contributed by atoms with Crippen LogP contribution in [-0.4, -0.2) is 17.4 Å². The Kier molecular flexibility index (Phi) is 4.82. The van der Waals surface area contributed by atoms with Gasteiger partial charge in [-0.1, -0.05) is 11.8 Å². The Morgan fingerprint density at radius 1 is 1.50 bits per heavy atom. The lowest BCUT2D eigenvalue weighted by atomic mass is 10.1. The minimum atomic E-state index is -0.484. The molecule has 2 aromatic rings. The average Bonchev–Trinajstić information content (AvgIpc) is 2.96. The van der Waals surface area contributed by atoms with Crippen molar-refractivity contribution in [1.82, 2.24) is 10.3 Å². The molecule has 1 heterocycles. The molecule has 20 heavy (non-hydrogen) atoms. The number of benzene rings is 1. The number of amides is 1. The third-order valence-corrected chi connectivity index (χ3v) is 3.21. The minimum absolute atomic E-state index is 0.178. The Labute approximate surface area is 119 Å². The third kappa shape index (κ3) is 3.63. The van der Waals surface area contributed by atoms with Crippen molar-refractivity contribution in [3.63, 3.8) is 0 Å². The minimum Gasteiger partial charge on any atom is -0.345 e. The molecule has 1 amide bonds. The van der Waals surface area contributed by atoms with Crippen LogP contribution in [0.5, 0.6) is 0 Å². The van der Waals surface area contributed by atoms with Crippen molar-refractivity contribution in [3.05, 3.63) is 51.7 Å². The van der Waals surface area contributed by atoms with Gasteiger partial charge in [0, 0.05) is 17.1 Å². The van der Waals surface area contributed by atoms with Gasteiger partial charge in [-0.25, -0.2) is 9.37 Å². The van der Waals surface area contributed by atoms with E-state index in [2.05, 4.69) is 22.1 Å². The molecule has 0 spiro atoms. The van der Waals surface area contributed by atoms with Crippen molar-refractivity contribution in [2.75, 3.05) is 6.54 Å². The van der Waals surface area contributed by atoms with E-state index in [1.807, 2.05) is 5.38 Å². The van der Waals surface area contributed by atoms with Crippen molar-refractivity contribution >= 4 is 17.2 Å². The molecule has 0 saturated carbocycles. The molecule has 0 aliphatic heterocycles. The molecule has 6 heteroatoms. The van der Waals surface area contributed by atoms with Crippen LogP contribution in [0, 0.1) is 17.7 Å². The number of carbonyl (C=O) groups excluding carboxylic acids is 1. The number of halogens is 1. The normalized spacial score (nSPS) is 9.70. The Morgan fingerprint density at radius 2 is 2.35 bits per heavy atom. The Bertz CT molecular complexity index is 659. The third-order valence-electron chi connectivity index (χ3n) is 2.43. The maximum atomic E-state index is 13.3. The number of carbonyl (C=O) groups is 1. The van der Waals surface area contributed by atoms with E-state index in [1.54, 1.807) is 6.20 Å². The molecule has 102 valence electrons. The van der Waals surface area contributed by atoms with E-state index in [1.165, 1.54) is 23.5 Å². The van der Waals surface area contributed by atoms with Gasteiger partial charge in [-0.2, -0.15) is 0 Å². The van der Waals surface area contributed by atoms with E-state index < -0.39 is 5.82 Å². The van der Waals surface area contributed by atoms with Crippen LogP contribution >= 0.6 is 11.3 Å². The zero-order valence-corrected chi connectivity index (χ0v) is 11.3. The SMILES string of the molecule is NCC#Cc1ccc(F)cc1C(=O)NCc1nccs1. The number of nitrogens with one attached hydrogen (secondary N) is 1. The van der Waals surface area contributed by atoms with Gasteiger partial charge in [-0.05, 0) is 18.2 Å². The summed E-state index contributed by atoms with van der Waals surface area (Å²) in [5.74, 6) is 4.54. The number of rotatable bonds is 3. The van der Waals surface area contributed by atoms with E-state index in [0.717, 1.165) is 11.1 Å². The second kappa shape index (κ2) is 6.80. The monoisotopic (exact) mass is 289 g/mol. The summed E-state index contributed by atoms with van der Waals surface area (Å²) in [6, 6.07) is 3.89. The van der Waals surface area contributed by atoms with Crippen molar-refractivity contribution in [1.29, 1.82) is 0 Å². The van der Waals surface area contributed by atoms with Crippen LogP contribution in [0.1, 0.15) is 20.9 Å². The van der Waals surface area contributed by atoms with Gasteiger partial charge in [0.05, 0.1) is 18.7 Å². The van der Waals surface area contributed by atoms with Crippen LogP contribution in [0.2, 0.25) is 0 Å². The van der Waals surface area contributed by atoms with Crippen LogP contribution < -0.4 is 11.1 Å². The first-order valence-electron chi connectivity index (χ1n) is 5.86. The highest BCUT2D eigenvalue weighted by molar-refractivity contribution is 7.09. The predicted octanol–water partition coefficient (Wildman–Crippen LogP) is 1.52. The summed E-state index contributed by atoms with van der Waals surface area (Å²) in [6.07, 6.45) is 1.66. The largest absolute Gasteiger partial charge is 0.345 e. The molecule has 1 aromatic heterocycles. The van der Waals surface area contributed by atoms with Crippen molar-refractivity contribution in [2.24, 2.45) is 5.73 Å². The van der Waals surface area contributed by atoms with Crippen molar-refractivity contribution in [3.8, 4) is 11.8 Å². The number of hydrogen-bond donors (Lipinski definition) is 2. The van der Waals surface area contributed by atoms with Crippen molar-refractivity contribution in [2.45, 2.75) is 6.54 Å². The summed E-state index contributed by atoms with van der Waals surface area (Å²) in [4.78, 5) is 16.1. The summed E-state index contributed by atoms with van der Waals surface area (Å²) in [7, 11) is 0. The quantitative estimate of drug-likeness (QED) is 0.842. The summed E-state index contributed by atoms with van der Waals surface area (Å²) in [5, 5.41) is 5.29. The van der Waals surface area contributed by atoms with E-state index in [-0.39, 0.29) is 18.0 Å². The molecule has 1 aromatic carbocycles. The molecule has 3 N–H and O–H groups in total. The highest BCUT2D eigenvalue weighted by Gasteiger charge is 2.11. The second-order valence-electron chi connectivity index (χ2n) is 3.80. The van der Waals surface area contributed by atoms with Gasteiger partial charge < -0.3 is 11.1 Å². The zero-order valence-electron chi connectivity index (χ0n) is 10.5. The fourth-order valence-electron chi connectivity index (χ4n) is 1.55. The summed E-state index contributed by atoms with van der Waals surface area (Å²) in [6.45, 7) is 0.480. The number of aromatic nitrogens is 1. The first-order valence-corrected chi connectivity index (χ1v) is 6.73. The predicted molar refractivity (Wildman–Crippen MR) is 75.6 cm³/mol. The highest BCUT2D eigenvalue weighted by Crippen LogP contribution is 2.11. The number of nitrogens with two attached hydrogens (primary N) is 1. The van der Waals surface area contributed by atoms with Gasteiger partial charge in [0.1, 0.15) is 10.8 Å². The molecule has 0 aliphatic rings. The first kappa shape index (κ1) is 14.2. The Morgan fingerprint density at radius 3 is 3.05 bits per heavy atom. The lowest BCUT2D eigenvalue weighted by Gasteiger charge is -2.06. The van der Waals surface area contributed by atoms with Crippen LogP contribution in [0.15, 0.2) is 29.8 Å². The first-order chi connectivity index (χ1) is 9.70. The molecule has 0 atom stereocenters. The maximum absolute atomic E-state index is 13.3. The Balaban J connectivity index is 2.17. The summed E-state index contributed by atoms with van der Waals surface area (Å²) in [5.41, 5.74) is 5.95. The molecule has 0 fully saturated rings. The van der Waals surface area contributed by atoms with Gasteiger partial charge in [0.15, 0.2) is 0 Å². The molecular formula is C14H12FN3OS. The topological polar surface area (TPSA) is 68.0 Å². The van der Waals surface area contributed by atoms with Crippen molar-refractivity contribution < 1.29 is 9.18 Å². The highest BCUT2D eigenvalue weighted by atomic mass is 32.1. The van der Waals surface area contributed by atoms with Crippen LogP contribution in [0.4, 0.5) is 4.39 Å². The van der Waals surface area contributed by atoms with Crippen LogP contribution in [0.25, 0.3) is 0 Å². The van der Waals surface area contributed by atoms with Gasteiger partial charge in [-0.3, -0.25) is 4.79 Å². The lowest BCUT2D eigenvalue weighted by molar-refractivity contribution is 0.0950. The van der Waals surface area contributed by atoms with Crippen LogP contribution in [-0.2, 0) is 6.54 Å². The number of hydrogen-bond acceptors (Lipinski definition) is 4. The van der Waals surface area contributed by atoms with E-state index in [9.17, 15) is 9.18 Å². The van der Waals surface area contributed by atoms with Gasteiger partial charge in [0.25, 0.3) is 5.91 Å². The Hall–Kier alpha value is -2.23. The molecule has 0 aliphatic carbocycles. The fraction of sp³-hybridized carbons (Fsp3) is 0.143. The molecule has 0 unspecified atom stereocenters. The number of thiazole rings is 1. The summed E-state index contributed by atoms with van der Waals surface area (Å²) >= 11 is 1.44. The van der Waals surface area contributed by atoms with E-state index in [4.69, 9.17) is 5.73 Å². The second-order valence-corrected chi connectivity index (χ2v) is 4.78. The molecule has 0 radical (unpaired) electrons.